The monoisotopic (exact) mass is 314 g/mol. The van der Waals surface area contributed by atoms with Crippen molar-refractivity contribution in [3.63, 3.8) is 0 Å². The molecule has 0 saturated heterocycles. The van der Waals surface area contributed by atoms with Crippen LogP contribution in [0.4, 0.5) is 0 Å². The van der Waals surface area contributed by atoms with Crippen molar-refractivity contribution < 1.29 is 23.7 Å². The first-order valence-corrected chi connectivity index (χ1v) is 7.26. The summed E-state index contributed by atoms with van der Waals surface area (Å²) in [6.07, 6.45) is -0.169. The molecule has 0 amide bonds. The van der Waals surface area contributed by atoms with Gasteiger partial charge in [-0.05, 0) is 24.3 Å². The first-order valence-electron chi connectivity index (χ1n) is 7.26. The lowest BCUT2D eigenvalue weighted by atomic mass is 9.95. The van der Waals surface area contributed by atoms with E-state index in [9.17, 15) is 4.79 Å². The molecule has 0 spiro atoms. The highest BCUT2D eigenvalue weighted by atomic mass is 16.5. The molecule has 0 radical (unpaired) electrons. The zero-order valence-corrected chi connectivity index (χ0v) is 13.3. The van der Waals surface area contributed by atoms with E-state index in [0.717, 1.165) is 5.56 Å². The van der Waals surface area contributed by atoms with Crippen LogP contribution in [0.5, 0.6) is 23.0 Å². The van der Waals surface area contributed by atoms with E-state index in [1.807, 2.05) is 18.2 Å². The van der Waals surface area contributed by atoms with Crippen molar-refractivity contribution in [2.75, 3.05) is 21.3 Å². The molecule has 0 N–H and O–H groups in total. The van der Waals surface area contributed by atoms with Gasteiger partial charge in [0.15, 0.2) is 17.3 Å². The number of rotatable bonds is 4. The summed E-state index contributed by atoms with van der Waals surface area (Å²) >= 11 is 0. The van der Waals surface area contributed by atoms with Crippen molar-refractivity contribution >= 4 is 5.78 Å². The van der Waals surface area contributed by atoms with Gasteiger partial charge in [-0.2, -0.15) is 0 Å². The summed E-state index contributed by atoms with van der Waals surface area (Å²) < 4.78 is 21.9. The topological polar surface area (TPSA) is 54.0 Å². The van der Waals surface area contributed by atoms with Gasteiger partial charge in [0.1, 0.15) is 17.6 Å². The summed E-state index contributed by atoms with van der Waals surface area (Å²) in [5, 5.41) is 0. The zero-order valence-electron chi connectivity index (χ0n) is 13.3. The van der Waals surface area contributed by atoms with Crippen LogP contribution in [0.25, 0.3) is 0 Å². The molecule has 2 aromatic rings. The minimum Gasteiger partial charge on any atom is -0.497 e. The molecular formula is C18H18O5. The van der Waals surface area contributed by atoms with Crippen LogP contribution in [0, 0.1) is 0 Å². The molecule has 23 heavy (non-hydrogen) atoms. The second-order valence-electron chi connectivity index (χ2n) is 5.18. The van der Waals surface area contributed by atoms with Crippen LogP contribution < -0.4 is 18.9 Å². The van der Waals surface area contributed by atoms with E-state index < -0.39 is 6.10 Å². The SMILES string of the molecule is COc1ccc2c(c1)C(=O)CC(c1cccc(OC)c1OC)O2. The fraction of sp³-hybridized carbons (Fsp3) is 0.278. The number of ether oxygens (including phenoxy) is 4. The summed E-state index contributed by atoms with van der Waals surface area (Å²) in [6, 6.07) is 10.8. The predicted molar refractivity (Wildman–Crippen MR) is 84.9 cm³/mol. The highest BCUT2D eigenvalue weighted by Gasteiger charge is 2.30. The average molecular weight is 314 g/mol. The minimum absolute atomic E-state index is 0.0139. The van der Waals surface area contributed by atoms with Crippen LogP contribution in [0.3, 0.4) is 0 Å². The van der Waals surface area contributed by atoms with E-state index in [4.69, 9.17) is 18.9 Å². The normalized spacial score (nSPS) is 16.3. The van der Waals surface area contributed by atoms with Crippen molar-refractivity contribution in [3.05, 3.63) is 47.5 Å². The third kappa shape index (κ3) is 2.70. The number of fused-ring (bicyclic) bond motifs is 1. The van der Waals surface area contributed by atoms with Gasteiger partial charge in [-0.3, -0.25) is 4.79 Å². The molecule has 5 heteroatoms. The van der Waals surface area contributed by atoms with Crippen molar-refractivity contribution in [3.8, 4) is 23.0 Å². The minimum atomic E-state index is -0.409. The average Bonchev–Trinajstić information content (AvgIpc) is 2.60. The number of carbonyl (C=O) groups is 1. The number of benzene rings is 2. The van der Waals surface area contributed by atoms with Gasteiger partial charge >= 0.3 is 0 Å². The van der Waals surface area contributed by atoms with Crippen LogP contribution in [0.2, 0.25) is 0 Å². The molecular weight excluding hydrogens is 296 g/mol. The van der Waals surface area contributed by atoms with Crippen LogP contribution >= 0.6 is 0 Å². The van der Waals surface area contributed by atoms with Crippen LogP contribution in [-0.2, 0) is 0 Å². The predicted octanol–water partition coefficient (Wildman–Crippen LogP) is 3.42. The maximum Gasteiger partial charge on any atom is 0.170 e. The van der Waals surface area contributed by atoms with Crippen LogP contribution in [0.15, 0.2) is 36.4 Å². The molecule has 0 bridgehead atoms. The Kier molecular flexibility index (Phi) is 4.10. The number of Topliss-reactive ketones (excluding diaryl/α,β-unsaturated/α-hetero) is 1. The summed E-state index contributed by atoms with van der Waals surface area (Å²) in [5.74, 6) is 2.40. The summed E-state index contributed by atoms with van der Waals surface area (Å²) in [4.78, 5) is 12.5. The molecule has 120 valence electrons. The van der Waals surface area contributed by atoms with Gasteiger partial charge in [0.25, 0.3) is 0 Å². The molecule has 0 aromatic heterocycles. The lowest BCUT2D eigenvalue weighted by molar-refractivity contribution is 0.0845. The third-order valence-electron chi connectivity index (χ3n) is 3.91. The van der Waals surface area contributed by atoms with Crippen LogP contribution in [0.1, 0.15) is 28.4 Å². The zero-order chi connectivity index (χ0) is 16.4. The van der Waals surface area contributed by atoms with E-state index in [2.05, 4.69) is 0 Å². The van der Waals surface area contributed by atoms with Crippen molar-refractivity contribution in [1.29, 1.82) is 0 Å². The van der Waals surface area contributed by atoms with Crippen LogP contribution in [-0.4, -0.2) is 27.1 Å². The number of ketones is 1. The fourth-order valence-corrected chi connectivity index (χ4v) is 2.77. The first-order chi connectivity index (χ1) is 11.2. The molecule has 2 aromatic carbocycles. The highest BCUT2D eigenvalue weighted by molar-refractivity contribution is 6.00. The van der Waals surface area contributed by atoms with Gasteiger partial charge in [0, 0.05) is 5.56 Å². The molecule has 1 heterocycles. The fourth-order valence-electron chi connectivity index (χ4n) is 2.77. The number of methoxy groups -OCH3 is 3. The second-order valence-corrected chi connectivity index (χ2v) is 5.18. The lowest BCUT2D eigenvalue weighted by Gasteiger charge is -2.27. The van der Waals surface area contributed by atoms with Crippen molar-refractivity contribution in [2.24, 2.45) is 0 Å². The molecule has 5 nitrogen and oxygen atoms in total. The Morgan fingerprint density at radius 3 is 2.57 bits per heavy atom. The largest absolute Gasteiger partial charge is 0.497 e. The molecule has 0 saturated carbocycles. The maximum atomic E-state index is 12.5. The molecule has 1 aliphatic heterocycles. The molecule has 1 unspecified atom stereocenters. The number of carbonyl (C=O) groups excluding carboxylic acids is 1. The van der Waals surface area contributed by atoms with Gasteiger partial charge in [-0.1, -0.05) is 12.1 Å². The standard InChI is InChI=1S/C18H18O5/c1-20-11-7-8-15-13(9-11)14(19)10-17(23-15)12-5-4-6-16(21-2)18(12)22-3/h4-9,17H,10H2,1-3H3. The third-order valence-corrected chi connectivity index (χ3v) is 3.91. The Hall–Kier alpha value is -2.69. The van der Waals surface area contributed by atoms with Gasteiger partial charge in [0.2, 0.25) is 0 Å². The quantitative estimate of drug-likeness (QED) is 0.865. The number of para-hydroxylation sites is 1. The van der Waals surface area contributed by atoms with E-state index in [1.54, 1.807) is 39.5 Å². The Bertz CT molecular complexity index is 738. The van der Waals surface area contributed by atoms with E-state index in [0.29, 0.717) is 28.6 Å². The molecule has 1 atom stereocenters. The Labute approximate surface area is 134 Å². The maximum absolute atomic E-state index is 12.5. The molecule has 3 rings (SSSR count). The van der Waals surface area contributed by atoms with Crippen molar-refractivity contribution in [2.45, 2.75) is 12.5 Å². The Morgan fingerprint density at radius 1 is 1.04 bits per heavy atom. The highest BCUT2D eigenvalue weighted by Crippen LogP contribution is 2.42. The van der Waals surface area contributed by atoms with Gasteiger partial charge in [-0.15, -0.1) is 0 Å². The summed E-state index contributed by atoms with van der Waals surface area (Å²) in [7, 11) is 4.72. The Morgan fingerprint density at radius 2 is 1.87 bits per heavy atom. The van der Waals surface area contributed by atoms with Gasteiger partial charge < -0.3 is 18.9 Å². The Balaban J connectivity index is 1.99. The summed E-state index contributed by atoms with van der Waals surface area (Å²) in [6.45, 7) is 0. The van der Waals surface area contributed by atoms with Crippen molar-refractivity contribution in [1.82, 2.24) is 0 Å². The first kappa shape index (κ1) is 15.2. The molecule has 0 aliphatic carbocycles. The molecule has 0 fully saturated rings. The van der Waals surface area contributed by atoms with E-state index in [1.165, 1.54) is 0 Å². The van der Waals surface area contributed by atoms with Gasteiger partial charge in [-0.25, -0.2) is 0 Å². The van der Waals surface area contributed by atoms with E-state index >= 15 is 0 Å². The number of hydrogen-bond donors (Lipinski definition) is 0. The smallest absolute Gasteiger partial charge is 0.170 e. The lowest BCUT2D eigenvalue weighted by Crippen LogP contribution is -2.21. The molecule has 1 aliphatic rings. The van der Waals surface area contributed by atoms with Gasteiger partial charge in [0.05, 0.1) is 33.3 Å². The summed E-state index contributed by atoms with van der Waals surface area (Å²) in [5.41, 5.74) is 1.34. The van der Waals surface area contributed by atoms with E-state index in [-0.39, 0.29) is 12.2 Å². The second kappa shape index (κ2) is 6.20. The number of hydrogen-bond acceptors (Lipinski definition) is 5.